The lowest BCUT2D eigenvalue weighted by atomic mass is 9.88. The molecule has 4 nitrogen and oxygen atoms in total. The van der Waals surface area contributed by atoms with Crippen molar-refractivity contribution in [2.45, 2.75) is 19.0 Å². The second-order valence-corrected chi connectivity index (χ2v) is 5.82. The van der Waals surface area contributed by atoms with Gasteiger partial charge >= 0.3 is 0 Å². The second-order valence-electron chi connectivity index (χ2n) is 5.41. The van der Waals surface area contributed by atoms with Crippen molar-refractivity contribution in [3.05, 3.63) is 58.6 Å². The van der Waals surface area contributed by atoms with Crippen LogP contribution < -0.4 is 15.4 Å². The molecule has 1 aliphatic heterocycles. The number of hydrogen-bond donors (Lipinski definition) is 1. The van der Waals surface area contributed by atoms with Gasteiger partial charge in [-0.15, -0.1) is 0 Å². The minimum atomic E-state index is -0.524. The smallest absolute Gasteiger partial charge is 0.247 e. The fourth-order valence-electron chi connectivity index (χ4n) is 2.72. The molecule has 1 aliphatic rings. The Morgan fingerprint density at radius 1 is 1.18 bits per heavy atom. The predicted octanol–water partition coefficient (Wildman–Crippen LogP) is 3.07. The number of benzene rings is 2. The summed E-state index contributed by atoms with van der Waals surface area (Å²) in [5, 5.41) is 0.468. The van der Waals surface area contributed by atoms with E-state index in [-0.39, 0.29) is 11.9 Å². The van der Waals surface area contributed by atoms with Crippen LogP contribution in [0.15, 0.2) is 42.5 Å². The maximum atomic E-state index is 12.2. The number of ether oxygens (including phenoxy) is 1. The molecule has 0 spiro atoms. The zero-order valence-electron chi connectivity index (χ0n) is 12.4. The van der Waals surface area contributed by atoms with Crippen LogP contribution in [0.25, 0.3) is 0 Å². The highest BCUT2D eigenvalue weighted by atomic mass is 35.5. The van der Waals surface area contributed by atoms with E-state index in [2.05, 4.69) is 0 Å². The van der Waals surface area contributed by atoms with Gasteiger partial charge in [-0.3, -0.25) is 4.79 Å². The van der Waals surface area contributed by atoms with Crippen LogP contribution in [0.2, 0.25) is 5.02 Å². The molecular formula is C17H17ClN2O2. The summed E-state index contributed by atoms with van der Waals surface area (Å²) in [4.78, 5) is 13.9. The van der Waals surface area contributed by atoms with Gasteiger partial charge in [0.1, 0.15) is 11.8 Å². The first kappa shape index (κ1) is 14.9. The third-order valence-electron chi connectivity index (χ3n) is 3.97. The number of nitrogens with zero attached hydrogens (tertiary/aromatic N) is 1. The fraction of sp³-hybridized carbons (Fsp3) is 0.235. The van der Waals surface area contributed by atoms with Gasteiger partial charge in [0.2, 0.25) is 5.91 Å². The Kier molecular flexibility index (Phi) is 3.81. The number of halogens is 1. The standard InChI is InChI=1S/C17H17ClN2O2/c1-10-3-5-11(6-4-10)16-15(19)17(21)20(16)12-7-8-14(22-2)13(18)9-12/h3-9,15-16H,19H2,1-2H3/t15-,16-/m0/s1. The molecule has 2 aromatic rings. The summed E-state index contributed by atoms with van der Waals surface area (Å²) >= 11 is 6.16. The van der Waals surface area contributed by atoms with Crippen molar-refractivity contribution >= 4 is 23.2 Å². The maximum absolute atomic E-state index is 12.2. The SMILES string of the molecule is COc1ccc(N2C(=O)[C@@H](N)[C@@H]2c2ccc(C)cc2)cc1Cl. The number of aryl methyl sites for hydroxylation is 1. The van der Waals surface area contributed by atoms with E-state index in [9.17, 15) is 4.79 Å². The van der Waals surface area contributed by atoms with E-state index in [1.165, 1.54) is 5.56 Å². The van der Waals surface area contributed by atoms with Gasteiger partial charge in [-0.1, -0.05) is 41.4 Å². The molecule has 0 bridgehead atoms. The Balaban J connectivity index is 1.96. The fourth-order valence-corrected chi connectivity index (χ4v) is 2.98. The van der Waals surface area contributed by atoms with Crippen LogP contribution in [-0.4, -0.2) is 19.1 Å². The Bertz CT molecular complexity index is 715. The molecule has 1 amide bonds. The minimum Gasteiger partial charge on any atom is -0.495 e. The lowest BCUT2D eigenvalue weighted by molar-refractivity contribution is -0.126. The van der Waals surface area contributed by atoms with Gasteiger partial charge in [0.15, 0.2) is 0 Å². The predicted molar refractivity (Wildman–Crippen MR) is 87.4 cm³/mol. The highest BCUT2D eigenvalue weighted by Crippen LogP contribution is 2.40. The molecule has 0 radical (unpaired) electrons. The minimum absolute atomic E-state index is 0.105. The summed E-state index contributed by atoms with van der Waals surface area (Å²) in [6, 6.07) is 12.6. The van der Waals surface area contributed by atoms with E-state index in [0.717, 1.165) is 11.3 Å². The Hall–Kier alpha value is -2.04. The monoisotopic (exact) mass is 316 g/mol. The summed E-state index contributed by atoms with van der Waals surface area (Å²) in [6.45, 7) is 2.02. The maximum Gasteiger partial charge on any atom is 0.247 e. The molecule has 2 aromatic carbocycles. The molecule has 0 aromatic heterocycles. The highest BCUT2D eigenvalue weighted by molar-refractivity contribution is 6.32. The van der Waals surface area contributed by atoms with Crippen LogP contribution in [0, 0.1) is 6.92 Å². The molecule has 22 heavy (non-hydrogen) atoms. The summed E-state index contributed by atoms with van der Waals surface area (Å²) in [6.07, 6.45) is 0. The molecule has 0 aliphatic carbocycles. The normalized spacial score (nSPS) is 20.7. The van der Waals surface area contributed by atoms with E-state index < -0.39 is 6.04 Å². The van der Waals surface area contributed by atoms with Gasteiger partial charge in [0.05, 0.1) is 18.2 Å². The first-order valence-electron chi connectivity index (χ1n) is 7.01. The van der Waals surface area contributed by atoms with E-state index in [4.69, 9.17) is 22.1 Å². The number of β-lactam (4-membered cyclic amide) rings is 1. The summed E-state index contributed by atoms with van der Waals surface area (Å²) in [7, 11) is 1.56. The molecular weight excluding hydrogens is 300 g/mol. The zero-order valence-corrected chi connectivity index (χ0v) is 13.2. The van der Waals surface area contributed by atoms with Crippen molar-refractivity contribution < 1.29 is 9.53 Å². The third-order valence-corrected chi connectivity index (χ3v) is 4.27. The number of rotatable bonds is 3. The number of carbonyl (C=O) groups excluding carboxylic acids is 1. The summed E-state index contributed by atoms with van der Waals surface area (Å²) in [5.41, 5.74) is 8.92. The van der Waals surface area contributed by atoms with Crippen LogP contribution in [-0.2, 0) is 4.79 Å². The summed E-state index contributed by atoms with van der Waals surface area (Å²) in [5.74, 6) is 0.474. The molecule has 0 saturated carbocycles. The lowest BCUT2D eigenvalue weighted by Gasteiger charge is -2.45. The van der Waals surface area contributed by atoms with Gasteiger partial charge in [-0.2, -0.15) is 0 Å². The Labute approximate surface area is 134 Å². The number of hydrogen-bond acceptors (Lipinski definition) is 3. The van der Waals surface area contributed by atoms with Gasteiger partial charge in [0, 0.05) is 5.69 Å². The van der Waals surface area contributed by atoms with Gasteiger partial charge in [-0.25, -0.2) is 0 Å². The molecule has 2 N–H and O–H groups in total. The number of amides is 1. The number of methoxy groups -OCH3 is 1. The highest BCUT2D eigenvalue weighted by Gasteiger charge is 2.46. The van der Waals surface area contributed by atoms with Crippen molar-refractivity contribution in [1.82, 2.24) is 0 Å². The van der Waals surface area contributed by atoms with Crippen LogP contribution >= 0.6 is 11.6 Å². The van der Waals surface area contributed by atoms with Crippen LogP contribution in [0.3, 0.4) is 0 Å². The molecule has 3 rings (SSSR count). The van der Waals surface area contributed by atoms with Gasteiger partial charge in [0.25, 0.3) is 0 Å². The van der Waals surface area contributed by atoms with Crippen LogP contribution in [0.4, 0.5) is 5.69 Å². The quantitative estimate of drug-likeness (QED) is 0.885. The Morgan fingerprint density at radius 2 is 1.86 bits per heavy atom. The first-order valence-corrected chi connectivity index (χ1v) is 7.39. The Morgan fingerprint density at radius 3 is 2.45 bits per heavy atom. The first-order chi connectivity index (χ1) is 10.5. The number of nitrogens with two attached hydrogens (primary N) is 1. The van der Waals surface area contributed by atoms with E-state index in [1.54, 1.807) is 24.1 Å². The van der Waals surface area contributed by atoms with Crippen LogP contribution in [0.5, 0.6) is 5.75 Å². The average Bonchev–Trinajstić information content (AvgIpc) is 2.52. The second kappa shape index (κ2) is 5.63. The third kappa shape index (κ3) is 2.34. The number of carbonyl (C=O) groups is 1. The van der Waals surface area contributed by atoms with Gasteiger partial charge in [-0.05, 0) is 30.7 Å². The molecule has 1 saturated heterocycles. The molecule has 114 valence electrons. The molecule has 5 heteroatoms. The average molecular weight is 317 g/mol. The lowest BCUT2D eigenvalue weighted by Crippen LogP contribution is -2.63. The molecule has 2 atom stereocenters. The largest absolute Gasteiger partial charge is 0.495 e. The zero-order chi connectivity index (χ0) is 15.9. The van der Waals surface area contributed by atoms with Crippen LogP contribution in [0.1, 0.15) is 17.2 Å². The molecule has 1 heterocycles. The topological polar surface area (TPSA) is 55.6 Å². The van der Waals surface area contributed by atoms with Crippen molar-refractivity contribution in [3.63, 3.8) is 0 Å². The van der Waals surface area contributed by atoms with E-state index in [0.29, 0.717) is 10.8 Å². The van der Waals surface area contributed by atoms with E-state index >= 15 is 0 Å². The van der Waals surface area contributed by atoms with Crippen molar-refractivity contribution in [1.29, 1.82) is 0 Å². The molecule has 1 fully saturated rings. The van der Waals surface area contributed by atoms with Gasteiger partial charge < -0.3 is 15.4 Å². The van der Waals surface area contributed by atoms with Crippen molar-refractivity contribution in [2.24, 2.45) is 5.73 Å². The summed E-state index contributed by atoms with van der Waals surface area (Å²) < 4.78 is 5.14. The van der Waals surface area contributed by atoms with E-state index in [1.807, 2.05) is 37.3 Å². The molecule has 0 unspecified atom stereocenters. The van der Waals surface area contributed by atoms with Crippen molar-refractivity contribution in [2.75, 3.05) is 12.0 Å². The number of anilines is 1. The van der Waals surface area contributed by atoms with Crippen molar-refractivity contribution in [3.8, 4) is 5.75 Å².